The van der Waals surface area contributed by atoms with Crippen LogP contribution in [0, 0.1) is 0 Å². The summed E-state index contributed by atoms with van der Waals surface area (Å²) in [7, 11) is -4.38. The Balaban J connectivity index is 1.57. The number of phosphoric ester groups is 1. The van der Waals surface area contributed by atoms with Crippen molar-refractivity contribution < 1.29 is 18.5 Å². The van der Waals surface area contributed by atoms with E-state index in [2.05, 4.69) is 48.5 Å². The molecule has 0 spiro atoms. The van der Waals surface area contributed by atoms with E-state index in [1.54, 1.807) is 24.3 Å². The van der Waals surface area contributed by atoms with Crippen LogP contribution < -0.4 is 4.52 Å². The highest BCUT2D eigenvalue weighted by Gasteiger charge is 2.28. The molecule has 5 aromatic rings. The van der Waals surface area contributed by atoms with Gasteiger partial charge >= 0.3 is 7.82 Å². The molecular weight excluding hydrogens is 479 g/mol. The molecule has 5 heteroatoms. The van der Waals surface area contributed by atoms with Gasteiger partial charge in [-0.25, -0.2) is 4.57 Å². The normalized spacial score (nSPS) is 12.7. The zero-order valence-corrected chi connectivity index (χ0v) is 21.1. The summed E-state index contributed by atoms with van der Waals surface area (Å²) >= 11 is 0. The molecule has 0 aliphatic heterocycles. The lowest BCUT2D eigenvalue weighted by molar-refractivity contribution is 0.198. The van der Waals surface area contributed by atoms with Gasteiger partial charge in [-0.3, -0.25) is 9.42 Å². The molecule has 0 aliphatic rings. The molecule has 0 aromatic heterocycles. The van der Waals surface area contributed by atoms with Crippen LogP contribution in [0.15, 0.2) is 140 Å². The Morgan fingerprint density at radius 1 is 0.568 bits per heavy atom. The number of rotatable bonds is 9. The van der Waals surface area contributed by atoms with Crippen molar-refractivity contribution in [2.75, 3.05) is 6.61 Å². The van der Waals surface area contributed by atoms with Crippen molar-refractivity contribution in [3.63, 3.8) is 0 Å². The minimum Gasteiger partial charge on any atom is -0.404 e. The Hall–Kier alpha value is -3.95. The maximum Gasteiger partial charge on any atom is 0.527 e. The number of hydrogen-bond donors (Lipinski definition) is 1. The van der Waals surface area contributed by atoms with E-state index >= 15 is 0 Å². The average molecular weight is 507 g/mol. The lowest BCUT2D eigenvalue weighted by Gasteiger charge is -2.25. The van der Waals surface area contributed by atoms with E-state index in [0.717, 1.165) is 33.4 Å². The Kier molecular flexibility index (Phi) is 7.62. The first-order valence-electron chi connectivity index (χ1n) is 12.1. The van der Waals surface area contributed by atoms with Crippen LogP contribution in [0.25, 0.3) is 22.3 Å². The van der Waals surface area contributed by atoms with Crippen LogP contribution in [0.3, 0.4) is 0 Å². The first-order valence-corrected chi connectivity index (χ1v) is 13.6. The molecule has 0 fully saturated rings. The van der Waals surface area contributed by atoms with Gasteiger partial charge < -0.3 is 4.52 Å². The average Bonchev–Trinajstić information content (AvgIpc) is 2.95. The van der Waals surface area contributed by atoms with Gasteiger partial charge in [0.2, 0.25) is 0 Å². The Bertz CT molecular complexity index is 1400. The molecule has 1 N–H and O–H groups in total. The van der Waals surface area contributed by atoms with E-state index < -0.39 is 7.82 Å². The van der Waals surface area contributed by atoms with Crippen molar-refractivity contribution in [2.24, 2.45) is 0 Å². The topological polar surface area (TPSA) is 55.8 Å². The second-order valence-electron chi connectivity index (χ2n) is 8.63. The zero-order valence-electron chi connectivity index (χ0n) is 20.2. The molecule has 37 heavy (non-hydrogen) atoms. The number of para-hydroxylation sites is 1. The smallest absolute Gasteiger partial charge is 0.404 e. The minimum atomic E-state index is -4.38. The summed E-state index contributed by atoms with van der Waals surface area (Å²) in [6.45, 7) is -0.0473. The third kappa shape index (κ3) is 6.07. The third-order valence-corrected chi connectivity index (χ3v) is 7.13. The van der Waals surface area contributed by atoms with E-state index in [9.17, 15) is 9.46 Å². The molecule has 5 rings (SSSR count). The molecule has 1 unspecified atom stereocenters. The van der Waals surface area contributed by atoms with Crippen LogP contribution in [0.4, 0.5) is 0 Å². The fourth-order valence-electron chi connectivity index (χ4n) is 4.52. The molecule has 0 aliphatic carbocycles. The van der Waals surface area contributed by atoms with Crippen LogP contribution in [-0.4, -0.2) is 11.5 Å². The van der Waals surface area contributed by atoms with Crippen molar-refractivity contribution in [1.29, 1.82) is 0 Å². The standard InChI is InChI=1S/C32H27O4P/c33-37(34,36-27-18-8-3-9-19-27)35-24-32(30-22-12-10-20-28(30)25-14-4-1-5-15-25)31-23-13-11-21-29(31)26-16-6-2-7-17-26/h1-23,32H,24H2,(H,33,34). The summed E-state index contributed by atoms with van der Waals surface area (Å²) in [5, 5.41) is 0. The maximum absolute atomic E-state index is 13.0. The van der Waals surface area contributed by atoms with Crippen molar-refractivity contribution in [2.45, 2.75) is 5.92 Å². The van der Waals surface area contributed by atoms with E-state index in [-0.39, 0.29) is 18.3 Å². The van der Waals surface area contributed by atoms with Gasteiger partial charge in [0.05, 0.1) is 6.61 Å². The van der Waals surface area contributed by atoms with E-state index in [0.29, 0.717) is 0 Å². The largest absolute Gasteiger partial charge is 0.527 e. The van der Waals surface area contributed by atoms with Crippen LogP contribution in [0.2, 0.25) is 0 Å². The lowest BCUT2D eigenvalue weighted by Crippen LogP contribution is -2.13. The van der Waals surface area contributed by atoms with E-state index in [1.165, 1.54) is 0 Å². The summed E-state index contributed by atoms with van der Waals surface area (Å²) in [6.07, 6.45) is 0. The fraction of sp³-hybridized carbons (Fsp3) is 0.0625. The summed E-state index contributed by atoms with van der Waals surface area (Å²) < 4.78 is 24.0. The van der Waals surface area contributed by atoms with Gasteiger partial charge in [0.15, 0.2) is 0 Å². The Morgan fingerprint density at radius 2 is 0.973 bits per heavy atom. The molecule has 0 saturated heterocycles. The highest BCUT2D eigenvalue weighted by Crippen LogP contribution is 2.47. The van der Waals surface area contributed by atoms with Crippen molar-refractivity contribution in [3.8, 4) is 28.0 Å². The highest BCUT2D eigenvalue weighted by atomic mass is 31.2. The summed E-state index contributed by atoms with van der Waals surface area (Å²) in [6, 6.07) is 45.0. The monoisotopic (exact) mass is 506 g/mol. The second-order valence-corrected chi connectivity index (χ2v) is 10.0. The van der Waals surface area contributed by atoms with Gasteiger partial charge in [0, 0.05) is 5.92 Å². The summed E-state index contributed by atoms with van der Waals surface area (Å²) in [5.41, 5.74) is 6.20. The molecule has 4 nitrogen and oxygen atoms in total. The first kappa shape index (κ1) is 24.7. The Labute approximate surface area is 217 Å². The Morgan fingerprint density at radius 3 is 1.46 bits per heavy atom. The first-order chi connectivity index (χ1) is 18.1. The van der Waals surface area contributed by atoms with Crippen molar-refractivity contribution >= 4 is 7.82 Å². The molecule has 184 valence electrons. The van der Waals surface area contributed by atoms with E-state index in [1.807, 2.05) is 66.7 Å². The quantitative estimate of drug-likeness (QED) is 0.204. The van der Waals surface area contributed by atoms with Crippen molar-refractivity contribution in [1.82, 2.24) is 0 Å². The van der Waals surface area contributed by atoms with E-state index in [4.69, 9.17) is 9.05 Å². The minimum absolute atomic E-state index is 0.0473. The molecule has 1 atom stereocenters. The van der Waals surface area contributed by atoms with Crippen LogP contribution in [0.5, 0.6) is 5.75 Å². The predicted molar refractivity (Wildman–Crippen MR) is 148 cm³/mol. The SMILES string of the molecule is O=P(O)(OCC(c1ccccc1-c1ccccc1)c1ccccc1-c1ccccc1)Oc1ccccc1. The summed E-state index contributed by atoms with van der Waals surface area (Å²) in [4.78, 5) is 10.6. The highest BCUT2D eigenvalue weighted by molar-refractivity contribution is 7.47. The zero-order chi connectivity index (χ0) is 25.5. The molecule has 5 aromatic carbocycles. The van der Waals surface area contributed by atoms with Crippen LogP contribution >= 0.6 is 7.82 Å². The molecule has 0 heterocycles. The maximum atomic E-state index is 13.0. The third-order valence-electron chi connectivity index (χ3n) is 6.21. The molecule has 0 amide bonds. The summed E-state index contributed by atoms with van der Waals surface area (Å²) in [5.74, 6) is -0.0630. The second kappa shape index (κ2) is 11.4. The van der Waals surface area contributed by atoms with Gasteiger partial charge in [-0.15, -0.1) is 0 Å². The van der Waals surface area contributed by atoms with Crippen LogP contribution in [-0.2, 0) is 9.09 Å². The van der Waals surface area contributed by atoms with Gasteiger partial charge in [-0.1, -0.05) is 127 Å². The number of phosphoric acid groups is 1. The van der Waals surface area contributed by atoms with Crippen LogP contribution in [0.1, 0.15) is 17.0 Å². The molecule has 0 bridgehead atoms. The lowest BCUT2D eigenvalue weighted by atomic mass is 9.83. The molecule has 0 saturated carbocycles. The predicted octanol–water partition coefficient (Wildman–Crippen LogP) is 8.35. The van der Waals surface area contributed by atoms with Gasteiger partial charge in [0.25, 0.3) is 0 Å². The number of benzene rings is 5. The van der Waals surface area contributed by atoms with Gasteiger partial charge in [-0.2, -0.15) is 0 Å². The van der Waals surface area contributed by atoms with Gasteiger partial charge in [-0.05, 0) is 45.5 Å². The van der Waals surface area contributed by atoms with Gasteiger partial charge in [0.1, 0.15) is 5.75 Å². The molecular formula is C32H27O4P. The fourth-order valence-corrected chi connectivity index (χ4v) is 5.30. The molecule has 0 radical (unpaired) electrons. The van der Waals surface area contributed by atoms with Crippen molar-refractivity contribution in [3.05, 3.63) is 151 Å². The number of hydrogen-bond acceptors (Lipinski definition) is 3.